The molecule has 0 aromatic heterocycles. The molecule has 1 rings (SSSR count). The van der Waals surface area contributed by atoms with Crippen molar-refractivity contribution in [3.8, 4) is 5.75 Å². The Morgan fingerprint density at radius 2 is 1.74 bits per heavy atom. The second-order valence-corrected chi connectivity index (χ2v) is 6.18. The maximum absolute atomic E-state index is 13.5. The summed E-state index contributed by atoms with van der Waals surface area (Å²) in [5.74, 6) is -2.91. The summed E-state index contributed by atoms with van der Waals surface area (Å²) in [5, 5.41) is 0. The monoisotopic (exact) mass is 314 g/mol. The molecule has 0 unspecified atom stereocenters. The van der Waals surface area contributed by atoms with E-state index >= 15 is 0 Å². The lowest BCUT2D eigenvalue weighted by molar-refractivity contribution is 0.0975. The number of rotatable bonds is 7. The van der Waals surface area contributed by atoms with Crippen LogP contribution in [0, 0.1) is 11.6 Å². The zero-order chi connectivity index (χ0) is 14.5. The largest absolute Gasteiger partial charge is 0.485 e. The Morgan fingerprint density at radius 3 is 2.21 bits per heavy atom. The van der Waals surface area contributed by atoms with Crippen molar-refractivity contribution in [1.29, 1.82) is 0 Å². The average molecular weight is 315 g/mol. The Morgan fingerprint density at radius 1 is 1.16 bits per heavy atom. The first kappa shape index (κ1) is 16.1. The Kier molecular flexibility index (Phi) is 5.96. The summed E-state index contributed by atoms with van der Waals surface area (Å²) in [4.78, 5) is -0.654. The zero-order valence-electron chi connectivity index (χ0n) is 10.2. The fourth-order valence-corrected chi connectivity index (χ4v) is 2.02. The second kappa shape index (κ2) is 7.02. The number of halogens is 3. The minimum atomic E-state index is -4.19. The van der Waals surface area contributed by atoms with Crippen LogP contribution >= 0.6 is 10.7 Å². The van der Waals surface area contributed by atoms with Crippen LogP contribution in [0.4, 0.5) is 8.78 Å². The van der Waals surface area contributed by atoms with Gasteiger partial charge in [-0.15, -0.1) is 0 Å². The van der Waals surface area contributed by atoms with Gasteiger partial charge in [-0.1, -0.05) is 6.92 Å². The number of ether oxygens (including phenoxy) is 2. The maximum Gasteiger partial charge on any atom is 0.261 e. The zero-order valence-corrected chi connectivity index (χ0v) is 11.7. The fraction of sp³-hybridized carbons (Fsp3) is 0.455. The van der Waals surface area contributed by atoms with Gasteiger partial charge in [-0.05, 0) is 18.6 Å². The molecule has 0 amide bonds. The summed E-state index contributed by atoms with van der Waals surface area (Å²) in [7, 11) is 0.809. The Hall–Kier alpha value is -0.920. The highest BCUT2D eigenvalue weighted by atomic mass is 35.7. The summed E-state index contributed by atoms with van der Waals surface area (Å²) in [5.41, 5.74) is 0. The molecule has 0 radical (unpaired) electrons. The summed E-state index contributed by atoms with van der Waals surface area (Å²) in [6.45, 7) is 2.59. The van der Waals surface area contributed by atoms with Gasteiger partial charge in [0.25, 0.3) is 9.05 Å². The molecule has 1 aromatic carbocycles. The standard InChI is InChI=1S/C11H13ClF2O4S/c1-2-3-17-4-5-18-11-9(13)6-8(7-10(11)14)19(12,15)16/h6-7H,2-5H2,1H3. The molecule has 0 heterocycles. The van der Waals surface area contributed by atoms with Gasteiger partial charge < -0.3 is 9.47 Å². The molecular weight excluding hydrogens is 302 g/mol. The van der Waals surface area contributed by atoms with E-state index in [-0.39, 0.29) is 13.2 Å². The number of benzene rings is 1. The van der Waals surface area contributed by atoms with Crippen molar-refractivity contribution >= 4 is 19.7 Å². The van der Waals surface area contributed by atoms with Gasteiger partial charge in [-0.3, -0.25) is 0 Å². The highest BCUT2D eigenvalue weighted by molar-refractivity contribution is 8.13. The molecule has 0 aliphatic carbocycles. The SMILES string of the molecule is CCCOCCOc1c(F)cc(S(=O)(=O)Cl)cc1F. The Balaban J connectivity index is 2.75. The molecule has 19 heavy (non-hydrogen) atoms. The van der Waals surface area contributed by atoms with E-state index in [0.717, 1.165) is 6.42 Å². The van der Waals surface area contributed by atoms with Crippen LogP contribution in [-0.4, -0.2) is 28.2 Å². The molecule has 108 valence electrons. The van der Waals surface area contributed by atoms with Crippen LogP contribution in [0.3, 0.4) is 0 Å². The van der Waals surface area contributed by atoms with Crippen molar-refractivity contribution < 1.29 is 26.7 Å². The molecule has 8 heteroatoms. The van der Waals surface area contributed by atoms with Crippen molar-refractivity contribution in [2.24, 2.45) is 0 Å². The molecule has 0 aliphatic heterocycles. The van der Waals surface area contributed by atoms with Crippen LogP contribution in [0.15, 0.2) is 17.0 Å². The lowest BCUT2D eigenvalue weighted by Gasteiger charge is -2.09. The quantitative estimate of drug-likeness (QED) is 0.573. The molecule has 0 saturated heterocycles. The van der Waals surface area contributed by atoms with Crippen LogP contribution in [0.5, 0.6) is 5.75 Å². The van der Waals surface area contributed by atoms with Gasteiger partial charge in [0.2, 0.25) is 0 Å². The maximum atomic E-state index is 13.5. The van der Waals surface area contributed by atoms with Gasteiger partial charge in [-0.2, -0.15) is 0 Å². The van der Waals surface area contributed by atoms with Gasteiger partial charge in [0.05, 0.1) is 11.5 Å². The van der Waals surface area contributed by atoms with Crippen molar-refractivity contribution in [3.63, 3.8) is 0 Å². The Labute approximate surface area is 114 Å². The molecule has 0 aliphatic rings. The third-order valence-electron chi connectivity index (χ3n) is 2.08. The molecule has 4 nitrogen and oxygen atoms in total. The van der Waals surface area contributed by atoms with E-state index in [1.807, 2.05) is 6.92 Å². The van der Waals surface area contributed by atoms with Crippen molar-refractivity contribution in [3.05, 3.63) is 23.8 Å². The average Bonchev–Trinajstić information content (AvgIpc) is 2.30. The van der Waals surface area contributed by atoms with E-state index < -0.39 is 31.3 Å². The second-order valence-electron chi connectivity index (χ2n) is 3.61. The van der Waals surface area contributed by atoms with E-state index in [4.69, 9.17) is 20.2 Å². The first-order valence-corrected chi connectivity index (χ1v) is 7.81. The lowest BCUT2D eigenvalue weighted by atomic mass is 10.3. The van der Waals surface area contributed by atoms with Gasteiger partial charge >= 0.3 is 0 Å². The summed E-state index contributed by atoms with van der Waals surface area (Å²) in [6, 6.07) is 1.21. The molecular formula is C11H13ClF2O4S. The van der Waals surface area contributed by atoms with E-state index in [2.05, 4.69) is 0 Å². The van der Waals surface area contributed by atoms with Crippen molar-refractivity contribution in [2.75, 3.05) is 19.8 Å². The van der Waals surface area contributed by atoms with Gasteiger partial charge in [0.15, 0.2) is 17.4 Å². The minimum absolute atomic E-state index is 0.0409. The number of hydrogen-bond acceptors (Lipinski definition) is 4. The van der Waals surface area contributed by atoms with Crippen LogP contribution in [-0.2, 0) is 13.8 Å². The third-order valence-corrected chi connectivity index (χ3v) is 3.41. The van der Waals surface area contributed by atoms with Crippen molar-refractivity contribution in [1.82, 2.24) is 0 Å². The predicted molar refractivity (Wildman–Crippen MR) is 66.0 cm³/mol. The van der Waals surface area contributed by atoms with E-state index in [1.165, 1.54) is 0 Å². The first-order valence-electron chi connectivity index (χ1n) is 5.50. The highest BCUT2D eigenvalue weighted by Gasteiger charge is 2.18. The van der Waals surface area contributed by atoms with Crippen LogP contribution in [0.25, 0.3) is 0 Å². The van der Waals surface area contributed by atoms with E-state index in [1.54, 1.807) is 0 Å². The summed E-state index contributed by atoms with van der Waals surface area (Å²) < 4.78 is 58.8. The molecule has 0 fully saturated rings. The molecule has 0 saturated carbocycles. The smallest absolute Gasteiger partial charge is 0.261 e. The number of hydrogen-bond donors (Lipinski definition) is 0. The third kappa shape index (κ3) is 4.93. The molecule has 0 atom stereocenters. The van der Waals surface area contributed by atoms with Gasteiger partial charge in [0.1, 0.15) is 6.61 Å². The molecule has 0 spiro atoms. The van der Waals surface area contributed by atoms with Crippen molar-refractivity contribution in [2.45, 2.75) is 18.2 Å². The Bertz CT molecular complexity index is 510. The van der Waals surface area contributed by atoms with Crippen LogP contribution < -0.4 is 4.74 Å². The van der Waals surface area contributed by atoms with E-state index in [0.29, 0.717) is 18.7 Å². The van der Waals surface area contributed by atoms with Crippen LogP contribution in [0.1, 0.15) is 13.3 Å². The lowest BCUT2D eigenvalue weighted by Crippen LogP contribution is -2.09. The topological polar surface area (TPSA) is 52.6 Å². The van der Waals surface area contributed by atoms with Gasteiger partial charge in [0, 0.05) is 17.3 Å². The van der Waals surface area contributed by atoms with Crippen LogP contribution in [0.2, 0.25) is 0 Å². The molecule has 1 aromatic rings. The van der Waals surface area contributed by atoms with Gasteiger partial charge in [-0.25, -0.2) is 17.2 Å². The summed E-state index contributed by atoms with van der Waals surface area (Å²) >= 11 is 0. The normalized spacial score (nSPS) is 11.6. The fourth-order valence-electron chi connectivity index (χ4n) is 1.26. The molecule has 0 N–H and O–H groups in total. The molecule has 0 bridgehead atoms. The first-order chi connectivity index (χ1) is 8.86. The minimum Gasteiger partial charge on any atom is -0.485 e. The summed E-state index contributed by atoms with van der Waals surface area (Å²) in [6.07, 6.45) is 0.824. The van der Waals surface area contributed by atoms with E-state index in [9.17, 15) is 17.2 Å². The predicted octanol–water partition coefficient (Wildman–Crippen LogP) is 2.70. The highest BCUT2D eigenvalue weighted by Crippen LogP contribution is 2.27.